The summed E-state index contributed by atoms with van der Waals surface area (Å²) in [5, 5.41) is 2.37. The summed E-state index contributed by atoms with van der Waals surface area (Å²) in [5.74, 6) is -0.363. The third-order valence-corrected chi connectivity index (χ3v) is 3.01. The number of nitrogens with zero attached hydrogens (tertiary/aromatic N) is 2. The first-order chi connectivity index (χ1) is 9.43. The Hall–Kier alpha value is -2.31. The first-order valence-electron chi connectivity index (χ1n) is 6.44. The van der Waals surface area contributed by atoms with Gasteiger partial charge in [-0.2, -0.15) is 0 Å². The largest absolute Gasteiger partial charge is 0.465 e. The van der Waals surface area contributed by atoms with Crippen molar-refractivity contribution in [1.29, 1.82) is 0 Å². The molecule has 0 amide bonds. The van der Waals surface area contributed by atoms with E-state index in [1.165, 1.54) is 4.40 Å². The van der Waals surface area contributed by atoms with Crippen molar-refractivity contribution in [2.24, 2.45) is 0 Å². The molecule has 0 aromatic carbocycles. The van der Waals surface area contributed by atoms with Gasteiger partial charge in [0.15, 0.2) is 0 Å². The number of hydrogen-bond donors (Lipinski definition) is 1. The maximum Gasteiger partial charge on any atom is 0.345 e. The van der Waals surface area contributed by atoms with E-state index in [2.05, 4.69) is 5.10 Å². The predicted octanol–water partition coefficient (Wildman–Crippen LogP) is 0.476. The second-order valence-corrected chi connectivity index (χ2v) is 4.80. The molecule has 0 spiro atoms. The molecule has 1 N–H and O–H groups in total. The third kappa shape index (κ3) is 2.52. The van der Waals surface area contributed by atoms with E-state index in [1.54, 1.807) is 19.2 Å². The summed E-state index contributed by atoms with van der Waals surface area (Å²) in [4.78, 5) is 35.6. The van der Waals surface area contributed by atoms with Crippen molar-refractivity contribution in [2.75, 3.05) is 6.61 Å². The molecule has 0 bridgehead atoms. The molecular weight excluding hydrogens is 262 g/mol. The molecule has 2 aromatic rings. The summed E-state index contributed by atoms with van der Waals surface area (Å²) >= 11 is 0. The summed E-state index contributed by atoms with van der Waals surface area (Å²) in [6, 6.07) is 1.67. The van der Waals surface area contributed by atoms with Crippen LogP contribution in [-0.4, -0.2) is 26.8 Å². The Labute approximate surface area is 114 Å². The van der Waals surface area contributed by atoms with Crippen LogP contribution < -0.4 is 11.2 Å². The van der Waals surface area contributed by atoms with Gasteiger partial charge in [0, 0.05) is 6.20 Å². The minimum absolute atomic E-state index is 0.201. The SMILES string of the molecule is CCOC(=O)Cn1[nH]c(=O)n2cc(C(C)C)cc2c1=O. The topological polar surface area (TPSA) is 85.6 Å². The van der Waals surface area contributed by atoms with Gasteiger partial charge in [-0.25, -0.2) is 14.6 Å². The lowest BCUT2D eigenvalue weighted by Gasteiger charge is -2.05. The number of hydrogen-bond acceptors (Lipinski definition) is 4. The van der Waals surface area contributed by atoms with Crippen molar-refractivity contribution in [3.05, 3.63) is 38.7 Å². The van der Waals surface area contributed by atoms with Crippen LogP contribution in [0.5, 0.6) is 0 Å². The molecule has 0 saturated carbocycles. The van der Waals surface area contributed by atoms with Gasteiger partial charge in [-0.3, -0.25) is 14.0 Å². The van der Waals surface area contributed by atoms with Gasteiger partial charge >= 0.3 is 11.7 Å². The number of aromatic nitrogens is 3. The van der Waals surface area contributed by atoms with E-state index < -0.39 is 17.2 Å². The fraction of sp³-hybridized carbons (Fsp3) is 0.462. The van der Waals surface area contributed by atoms with E-state index in [1.807, 2.05) is 13.8 Å². The highest BCUT2D eigenvalue weighted by Gasteiger charge is 2.13. The lowest BCUT2D eigenvalue weighted by molar-refractivity contribution is -0.144. The van der Waals surface area contributed by atoms with Crippen molar-refractivity contribution in [3.8, 4) is 0 Å². The number of fused-ring (bicyclic) bond motifs is 1. The molecule has 7 nitrogen and oxygen atoms in total. The zero-order valence-corrected chi connectivity index (χ0v) is 11.7. The number of carbonyl (C=O) groups excluding carboxylic acids is 1. The molecule has 0 saturated heterocycles. The van der Waals surface area contributed by atoms with Crippen molar-refractivity contribution in [3.63, 3.8) is 0 Å². The van der Waals surface area contributed by atoms with Crippen LogP contribution >= 0.6 is 0 Å². The Morgan fingerprint density at radius 3 is 2.70 bits per heavy atom. The number of esters is 1. The van der Waals surface area contributed by atoms with Gasteiger partial charge in [-0.05, 0) is 24.5 Å². The van der Waals surface area contributed by atoms with E-state index in [4.69, 9.17) is 4.74 Å². The molecule has 0 unspecified atom stereocenters. The van der Waals surface area contributed by atoms with Gasteiger partial charge in [0.2, 0.25) is 0 Å². The van der Waals surface area contributed by atoms with Crippen LogP contribution in [-0.2, 0) is 16.1 Å². The van der Waals surface area contributed by atoms with Crippen LogP contribution in [0.4, 0.5) is 0 Å². The van der Waals surface area contributed by atoms with Crippen LogP contribution in [0.25, 0.3) is 5.52 Å². The molecule has 0 aliphatic carbocycles. The summed E-state index contributed by atoms with van der Waals surface area (Å²) in [6.07, 6.45) is 1.63. The molecule has 7 heteroatoms. The summed E-state index contributed by atoms with van der Waals surface area (Å²) < 4.78 is 7.00. The molecule has 0 fully saturated rings. The second-order valence-electron chi connectivity index (χ2n) is 4.80. The average molecular weight is 279 g/mol. The van der Waals surface area contributed by atoms with Gasteiger partial charge in [0.05, 0.1) is 6.61 Å². The number of nitrogens with one attached hydrogen (secondary N) is 1. The molecule has 20 heavy (non-hydrogen) atoms. The van der Waals surface area contributed by atoms with E-state index in [0.29, 0.717) is 0 Å². The molecule has 2 rings (SSSR count). The highest BCUT2D eigenvalue weighted by atomic mass is 16.5. The maximum absolute atomic E-state index is 12.2. The van der Waals surface area contributed by atoms with E-state index >= 15 is 0 Å². The zero-order chi connectivity index (χ0) is 14.9. The van der Waals surface area contributed by atoms with Crippen LogP contribution in [0.1, 0.15) is 32.3 Å². The normalized spacial score (nSPS) is 11.2. The summed E-state index contributed by atoms with van der Waals surface area (Å²) in [6.45, 7) is 5.54. The minimum Gasteiger partial charge on any atom is -0.465 e. The second kappa shape index (κ2) is 5.36. The van der Waals surface area contributed by atoms with Crippen molar-refractivity contribution in [1.82, 2.24) is 14.2 Å². The lowest BCUT2D eigenvalue weighted by atomic mass is 10.1. The Balaban J connectivity index is 2.54. The lowest BCUT2D eigenvalue weighted by Crippen LogP contribution is -2.35. The van der Waals surface area contributed by atoms with Crippen LogP contribution in [0, 0.1) is 0 Å². The van der Waals surface area contributed by atoms with Gasteiger partial charge in [0.1, 0.15) is 12.1 Å². The molecule has 0 radical (unpaired) electrons. The Morgan fingerprint density at radius 2 is 2.10 bits per heavy atom. The monoisotopic (exact) mass is 279 g/mol. The number of carbonyl (C=O) groups is 1. The van der Waals surface area contributed by atoms with Crippen molar-refractivity contribution >= 4 is 11.5 Å². The summed E-state index contributed by atoms with van der Waals surface area (Å²) in [7, 11) is 0. The molecular formula is C13H17N3O4. The number of rotatable bonds is 4. The number of H-pyrrole nitrogens is 1. The average Bonchev–Trinajstić information content (AvgIpc) is 2.81. The maximum atomic E-state index is 12.2. The smallest absolute Gasteiger partial charge is 0.345 e. The van der Waals surface area contributed by atoms with E-state index in [0.717, 1.165) is 10.2 Å². The predicted molar refractivity (Wildman–Crippen MR) is 73.0 cm³/mol. The first kappa shape index (κ1) is 14.1. The number of ether oxygens (including phenoxy) is 1. The third-order valence-electron chi connectivity index (χ3n) is 3.01. The van der Waals surface area contributed by atoms with Crippen LogP contribution in [0.15, 0.2) is 21.9 Å². The summed E-state index contributed by atoms with van der Waals surface area (Å²) in [5.41, 5.74) is 0.253. The van der Waals surface area contributed by atoms with Crippen molar-refractivity contribution in [2.45, 2.75) is 33.2 Å². The Kier molecular flexibility index (Phi) is 3.78. The fourth-order valence-corrected chi connectivity index (χ4v) is 1.94. The van der Waals surface area contributed by atoms with E-state index in [-0.39, 0.29) is 24.6 Å². The van der Waals surface area contributed by atoms with Gasteiger partial charge < -0.3 is 4.74 Å². The Morgan fingerprint density at radius 1 is 1.40 bits per heavy atom. The molecule has 2 heterocycles. The standard InChI is InChI=1S/C13H17N3O4/c1-4-20-11(17)7-16-12(18)10-5-9(8(2)3)6-15(10)13(19)14-16/h5-6,8H,4,7H2,1-3H3,(H,14,19). The highest BCUT2D eigenvalue weighted by Crippen LogP contribution is 2.15. The van der Waals surface area contributed by atoms with Gasteiger partial charge in [-0.15, -0.1) is 0 Å². The van der Waals surface area contributed by atoms with E-state index in [9.17, 15) is 14.4 Å². The number of aromatic amines is 1. The first-order valence-corrected chi connectivity index (χ1v) is 6.44. The quantitative estimate of drug-likeness (QED) is 0.825. The highest BCUT2D eigenvalue weighted by molar-refractivity contribution is 5.69. The molecule has 2 aromatic heterocycles. The van der Waals surface area contributed by atoms with Crippen LogP contribution in [0.3, 0.4) is 0 Å². The minimum atomic E-state index is -0.565. The zero-order valence-electron chi connectivity index (χ0n) is 11.7. The van der Waals surface area contributed by atoms with Crippen molar-refractivity contribution < 1.29 is 9.53 Å². The molecule has 0 aliphatic rings. The van der Waals surface area contributed by atoms with Gasteiger partial charge in [0.25, 0.3) is 5.56 Å². The van der Waals surface area contributed by atoms with Gasteiger partial charge in [-0.1, -0.05) is 13.8 Å². The van der Waals surface area contributed by atoms with Crippen LogP contribution in [0.2, 0.25) is 0 Å². The molecule has 0 aliphatic heterocycles. The fourth-order valence-electron chi connectivity index (χ4n) is 1.94. The molecule has 0 atom stereocenters. The molecule has 108 valence electrons. The Bertz CT molecular complexity index is 751.